The lowest BCUT2D eigenvalue weighted by molar-refractivity contribution is -0.0390. The highest BCUT2D eigenvalue weighted by atomic mass is 127. The molecule has 0 unspecified atom stereocenters. The average Bonchev–Trinajstić information content (AvgIpc) is 3.29. The van der Waals surface area contributed by atoms with Crippen LogP contribution < -0.4 is 10.6 Å². The SMILES string of the molecule is CN=C(NCCCCC1CCCC1)NCc1cccc(COC2CCOCC2)c1.I. The van der Waals surface area contributed by atoms with Gasteiger partial charge in [0.1, 0.15) is 0 Å². The predicted octanol–water partition coefficient (Wildman–Crippen LogP) is 5.03. The molecule has 1 heterocycles. The minimum atomic E-state index is 0. The van der Waals surface area contributed by atoms with Crippen LogP contribution in [0.5, 0.6) is 0 Å². The van der Waals surface area contributed by atoms with Crippen LogP contribution >= 0.6 is 24.0 Å². The molecule has 1 aromatic carbocycles. The summed E-state index contributed by atoms with van der Waals surface area (Å²) in [7, 11) is 1.84. The van der Waals surface area contributed by atoms with Crippen molar-refractivity contribution in [3.05, 3.63) is 35.4 Å². The summed E-state index contributed by atoms with van der Waals surface area (Å²) in [5, 5.41) is 6.88. The Morgan fingerprint density at radius 3 is 2.60 bits per heavy atom. The highest BCUT2D eigenvalue weighted by Gasteiger charge is 2.15. The number of nitrogens with one attached hydrogen (secondary N) is 2. The van der Waals surface area contributed by atoms with E-state index >= 15 is 0 Å². The van der Waals surface area contributed by atoms with Crippen LogP contribution in [-0.4, -0.2) is 38.9 Å². The fourth-order valence-electron chi connectivity index (χ4n) is 4.36. The standard InChI is InChI=1S/C24H39N3O2.HI/c1-25-24(26-14-5-4-9-20-7-2-3-8-20)27-18-21-10-6-11-22(17-21)19-29-23-12-15-28-16-13-23;/h6,10-11,17,20,23H,2-5,7-9,12-16,18-19H2,1H3,(H2,25,26,27);1H. The van der Waals surface area contributed by atoms with Gasteiger partial charge in [0.05, 0.1) is 12.7 Å². The summed E-state index contributed by atoms with van der Waals surface area (Å²) in [4.78, 5) is 4.36. The van der Waals surface area contributed by atoms with E-state index in [9.17, 15) is 0 Å². The first kappa shape index (κ1) is 25.4. The van der Waals surface area contributed by atoms with E-state index in [2.05, 4.69) is 39.9 Å². The van der Waals surface area contributed by atoms with E-state index in [4.69, 9.17) is 9.47 Å². The molecule has 2 N–H and O–H groups in total. The van der Waals surface area contributed by atoms with Crippen LogP contribution in [0.2, 0.25) is 0 Å². The van der Waals surface area contributed by atoms with Gasteiger partial charge in [-0.15, -0.1) is 24.0 Å². The van der Waals surface area contributed by atoms with Gasteiger partial charge in [0, 0.05) is 33.4 Å². The Kier molecular flexibility index (Phi) is 12.7. The van der Waals surface area contributed by atoms with Crippen LogP contribution in [0, 0.1) is 5.92 Å². The quantitative estimate of drug-likeness (QED) is 0.193. The van der Waals surface area contributed by atoms with Crippen LogP contribution in [0.25, 0.3) is 0 Å². The first-order valence-corrected chi connectivity index (χ1v) is 11.5. The largest absolute Gasteiger partial charge is 0.381 e. The second kappa shape index (κ2) is 15.0. The number of nitrogens with zero attached hydrogens (tertiary/aromatic N) is 1. The Labute approximate surface area is 199 Å². The second-order valence-electron chi connectivity index (χ2n) is 8.44. The van der Waals surface area contributed by atoms with Gasteiger partial charge in [-0.1, -0.05) is 62.8 Å². The maximum atomic E-state index is 6.05. The molecule has 170 valence electrons. The van der Waals surface area contributed by atoms with E-state index in [1.807, 2.05) is 7.05 Å². The Balaban J connectivity index is 0.00000320. The van der Waals surface area contributed by atoms with Crippen molar-refractivity contribution in [2.24, 2.45) is 10.9 Å². The summed E-state index contributed by atoms with van der Waals surface area (Å²) < 4.78 is 11.4. The highest BCUT2D eigenvalue weighted by molar-refractivity contribution is 14.0. The molecular formula is C24H40IN3O2. The summed E-state index contributed by atoms with van der Waals surface area (Å²) >= 11 is 0. The van der Waals surface area contributed by atoms with Crippen molar-refractivity contribution < 1.29 is 9.47 Å². The van der Waals surface area contributed by atoms with Crippen molar-refractivity contribution in [1.82, 2.24) is 10.6 Å². The minimum absolute atomic E-state index is 0. The van der Waals surface area contributed by atoms with Gasteiger partial charge in [0.25, 0.3) is 0 Å². The van der Waals surface area contributed by atoms with Gasteiger partial charge in [0.15, 0.2) is 5.96 Å². The number of halogens is 1. The van der Waals surface area contributed by atoms with Gasteiger partial charge >= 0.3 is 0 Å². The monoisotopic (exact) mass is 529 g/mol. The van der Waals surface area contributed by atoms with Gasteiger partial charge in [-0.05, 0) is 36.3 Å². The molecule has 0 spiro atoms. The normalized spacial score (nSPS) is 18.2. The molecule has 0 amide bonds. The molecule has 0 atom stereocenters. The van der Waals surface area contributed by atoms with Gasteiger partial charge < -0.3 is 20.1 Å². The molecule has 1 aliphatic heterocycles. The maximum Gasteiger partial charge on any atom is 0.191 e. The third-order valence-electron chi connectivity index (χ3n) is 6.14. The average molecular weight is 530 g/mol. The van der Waals surface area contributed by atoms with Crippen LogP contribution in [0.3, 0.4) is 0 Å². The molecule has 2 fully saturated rings. The van der Waals surface area contributed by atoms with Gasteiger partial charge in [0.2, 0.25) is 0 Å². The zero-order chi connectivity index (χ0) is 20.2. The lowest BCUT2D eigenvalue weighted by atomic mass is 10.0. The zero-order valence-corrected chi connectivity index (χ0v) is 20.9. The number of benzene rings is 1. The number of hydrogen-bond acceptors (Lipinski definition) is 3. The Hall–Kier alpha value is -0.860. The van der Waals surface area contributed by atoms with E-state index in [1.54, 1.807) is 0 Å². The molecule has 3 rings (SSSR count). The first-order valence-electron chi connectivity index (χ1n) is 11.5. The van der Waals surface area contributed by atoms with E-state index in [1.165, 1.54) is 56.1 Å². The van der Waals surface area contributed by atoms with Crippen molar-refractivity contribution in [2.45, 2.75) is 77.0 Å². The Morgan fingerprint density at radius 2 is 1.83 bits per heavy atom. The first-order chi connectivity index (χ1) is 14.3. The molecule has 1 aliphatic carbocycles. The van der Waals surface area contributed by atoms with E-state index in [0.717, 1.165) is 51.0 Å². The number of ether oxygens (including phenoxy) is 2. The molecule has 5 nitrogen and oxygen atoms in total. The van der Waals surface area contributed by atoms with Gasteiger partial charge in [-0.25, -0.2) is 0 Å². The molecule has 1 saturated heterocycles. The lowest BCUT2D eigenvalue weighted by Gasteiger charge is -2.22. The van der Waals surface area contributed by atoms with Gasteiger partial charge in [-0.2, -0.15) is 0 Å². The minimum Gasteiger partial charge on any atom is -0.381 e. The topological polar surface area (TPSA) is 54.9 Å². The van der Waals surface area contributed by atoms with Crippen molar-refractivity contribution in [3.63, 3.8) is 0 Å². The molecule has 1 saturated carbocycles. The summed E-state index contributed by atoms with van der Waals surface area (Å²) in [6.45, 7) is 4.08. The van der Waals surface area contributed by atoms with Crippen molar-refractivity contribution >= 4 is 29.9 Å². The fraction of sp³-hybridized carbons (Fsp3) is 0.708. The van der Waals surface area contributed by atoms with E-state index in [-0.39, 0.29) is 24.0 Å². The third kappa shape index (κ3) is 9.52. The number of guanidine groups is 1. The predicted molar refractivity (Wildman–Crippen MR) is 134 cm³/mol. The molecule has 0 aromatic heterocycles. The summed E-state index contributed by atoms with van der Waals surface area (Å²) in [6, 6.07) is 8.63. The maximum absolute atomic E-state index is 6.05. The van der Waals surface area contributed by atoms with Gasteiger partial charge in [-0.3, -0.25) is 4.99 Å². The van der Waals surface area contributed by atoms with E-state index < -0.39 is 0 Å². The third-order valence-corrected chi connectivity index (χ3v) is 6.14. The van der Waals surface area contributed by atoms with Crippen LogP contribution in [0.15, 0.2) is 29.3 Å². The molecule has 2 aliphatic rings. The number of rotatable bonds is 10. The lowest BCUT2D eigenvalue weighted by Crippen LogP contribution is -2.37. The van der Waals surface area contributed by atoms with Crippen LogP contribution in [0.4, 0.5) is 0 Å². The van der Waals surface area contributed by atoms with Crippen molar-refractivity contribution in [1.29, 1.82) is 0 Å². The summed E-state index contributed by atoms with van der Waals surface area (Å²) in [6.07, 6.45) is 12.1. The molecule has 30 heavy (non-hydrogen) atoms. The Bertz CT molecular complexity index is 614. The van der Waals surface area contributed by atoms with E-state index in [0.29, 0.717) is 12.7 Å². The molecule has 0 bridgehead atoms. The van der Waals surface area contributed by atoms with Crippen molar-refractivity contribution in [2.75, 3.05) is 26.8 Å². The summed E-state index contributed by atoms with van der Waals surface area (Å²) in [5.74, 6) is 1.88. The fourth-order valence-corrected chi connectivity index (χ4v) is 4.36. The molecule has 6 heteroatoms. The van der Waals surface area contributed by atoms with Crippen molar-refractivity contribution in [3.8, 4) is 0 Å². The van der Waals surface area contributed by atoms with Crippen LogP contribution in [-0.2, 0) is 22.6 Å². The number of aliphatic imine (C=N–C) groups is 1. The highest BCUT2D eigenvalue weighted by Crippen LogP contribution is 2.28. The zero-order valence-electron chi connectivity index (χ0n) is 18.5. The molecule has 0 radical (unpaired) electrons. The number of hydrogen-bond donors (Lipinski definition) is 2. The van der Waals surface area contributed by atoms with Crippen LogP contribution in [0.1, 0.15) is 68.9 Å². The smallest absolute Gasteiger partial charge is 0.191 e. The molecule has 1 aromatic rings. The molecular weight excluding hydrogens is 489 g/mol. The summed E-state index contributed by atoms with van der Waals surface area (Å²) in [5.41, 5.74) is 2.48. The second-order valence-corrected chi connectivity index (χ2v) is 8.44. The Morgan fingerprint density at radius 1 is 1.07 bits per heavy atom. The number of unbranched alkanes of at least 4 members (excludes halogenated alkanes) is 1.